The van der Waals surface area contributed by atoms with E-state index in [2.05, 4.69) is 29.8 Å². The van der Waals surface area contributed by atoms with E-state index < -0.39 is 0 Å². The smallest absolute Gasteiger partial charge is 0.255 e. The van der Waals surface area contributed by atoms with Crippen molar-refractivity contribution < 1.29 is 4.79 Å². The number of rotatable bonds is 14. The van der Waals surface area contributed by atoms with Gasteiger partial charge in [-0.15, -0.1) is 0 Å². The van der Waals surface area contributed by atoms with Crippen molar-refractivity contribution in [2.45, 2.75) is 77.6 Å². The highest BCUT2D eigenvalue weighted by Gasteiger charge is 2.06. The third-order valence-electron chi connectivity index (χ3n) is 5.32. The lowest BCUT2D eigenvalue weighted by molar-refractivity contribution is 0.102. The molecule has 0 saturated heterocycles. The predicted molar refractivity (Wildman–Crippen MR) is 124 cm³/mol. The molecule has 2 aromatic carbocycles. The molecule has 4 heteroatoms. The summed E-state index contributed by atoms with van der Waals surface area (Å²) < 4.78 is 0. The van der Waals surface area contributed by atoms with Crippen LogP contribution in [0.2, 0.25) is 0 Å². The Hall–Kier alpha value is -2.33. The van der Waals surface area contributed by atoms with Crippen molar-refractivity contribution in [2.75, 3.05) is 10.7 Å². The first-order chi connectivity index (χ1) is 14.2. The van der Waals surface area contributed by atoms with E-state index in [1.165, 1.54) is 69.8 Å². The van der Waals surface area contributed by atoms with Gasteiger partial charge in [-0.25, -0.2) is 0 Å². The van der Waals surface area contributed by atoms with Crippen LogP contribution in [0.5, 0.6) is 0 Å². The molecule has 29 heavy (non-hydrogen) atoms. The number of carbonyl (C=O) groups is 1. The van der Waals surface area contributed by atoms with E-state index in [9.17, 15) is 4.79 Å². The van der Waals surface area contributed by atoms with Crippen molar-refractivity contribution in [3.8, 4) is 0 Å². The van der Waals surface area contributed by atoms with Crippen LogP contribution in [0.25, 0.3) is 0 Å². The Morgan fingerprint density at radius 1 is 0.793 bits per heavy atom. The second-order valence-electron chi connectivity index (χ2n) is 7.81. The quantitative estimate of drug-likeness (QED) is 0.190. The maximum Gasteiger partial charge on any atom is 0.255 e. The third-order valence-corrected chi connectivity index (χ3v) is 5.32. The van der Waals surface area contributed by atoms with Crippen LogP contribution in [0, 0.1) is 0 Å². The molecule has 0 bridgehead atoms. The number of aryl methyl sites for hydroxylation is 1. The minimum absolute atomic E-state index is 0.135. The third kappa shape index (κ3) is 9.14. The zero-order valence-corrected chi connectivity index (χ0v) is 17.9. The number of benzene rings is 2. The highest BCUT2D eigenvalue weighted by Crippen LogP contribution is 2.16. The highest BCUT2D eigenvalue weighted by atomic mass is 16.1. The van der Waals surface area contributed by atoms with Crippen LogP contribution in [-0.4, -0.2) is 5.91 Å². The molecule has 0 saturated carbocycles. The van der Waals surface area contributed by atoms with E-state index in [4.69, 9.17) is 5.84 Å². The Labute approximate surface area is 176 Å². The number of nitrogens with one attached hydrogen (secondary N) is 2. The summed E-state index contributed by atoms with van der Waals surface area (Å²) in [5.74, 6) is 5.27. The van der Waals surface area contributed by atoms with Gasteiger partial charge < -0.3 is 10.7 Å². The fraction of sp³-hybridized carbons (Fsp3) is 0.480. The maximum absolute atomic E-state index is 12.4. The number of unbranched alkanes of at least 4 members (excludes halogenated alkanes) is 9. The first-order valence-electron chi connectivity index (χ1n) is 11.2. The Balaban J connectivity index is 1.62. The summed E-state index contributed by atoms with van der Waals surface area (Å²) in [7, 11) is 0. The number of carbonyl (C=O) groups excluding carboxylic acids is 1. The number of nitrogen functional groups attached to an aromatic ring is 1. The molecule has 0 spiro atoms. The molecule has 0 aliphatic heterocycles. The van der Waals surface area contributed by atoms with E-state index in [-0.39, 0.29) is 5.91 Å². The zero-order valence-electron chi connectivity index (χ0n) is 17.9. The van der Waals surface area contributed by atoms with Gasteiger partial charge in [-0.1, -0.05) is 82.9 Å². The number of nitrogens with two attached hydrogens (primary N) is 1. The lowest BCUT2D eigenvalue weighted by atomic mass is 10.0. The van der Waals surface area contributed by atoms with Gasteiger partial charge in [0.15, 0.2) is 0 Å². The van der Waals surface area contributed by atoms with Crippen molar-refractivity contribution in [3.63, 3.8) is 0 Å². The Morgan fingerprint density at radius 2 is 1.41 bits per heavy atom. The Morgan fingerprint density at radius 3 is 2.03 bits per heavy atom. The largest absolute Gasteiger partial charge is 0.324 e. The summed E-state index contributed by atoms with van der Waals surface area (Å²) in [5.41, 5.74) is 5.99. The first kappa shape index (κ1) is 23.0. The molecule has 4 nitrogen and oxygen atoms in total. The minimum Gasteiger partial charge on any atom is -0.324 e. The lowest BCUT2D eigenvalue weighted by Gasteiger charge is -2.08. The highest BCUT2D eigenvalue weighted by molar-refractivity contribution is 6.04. The monoisotopic (exact) mass is 395 g/mol. The molecule has 0 aromatic heterocycles. The van der Waals surface area contributed by atoms with Crippen molar-refractivity contribution in [2.24, 2.45) is 5.84 Å². The van der Waals surface area contributed by atoms with Crippen LogP contribution in [-0.2, 0) is 6.42 Å². The summed E-state index contributed by atoms with van der Waals surface area (Å²) >= 11 is 0. The van der Waals surface area contributed by atoms with Gasteiger partial charge in [0.05, 0.1) is 0 Å². The van der Waals surface area contributed by atoms with Gasteiger partial charge in [0.25, 0.3) is 5.91 Å². The number of anilines is 2. The fourth-order valence-corrected chi connectivity index (χ4v) is 3.52. The molecular weight excluding hydrogens is 358 g/mol. The Kier molecular flexibility index (Phi) is 10.9. The average molecular weight is 396 g/mol. The molecular formula is C25H37N3O. The topological polar surface area (TPSA) is 67.2 Å². The average Bonchev–Trinajstić information content (AvgIpc) is 2.76. The molecule has 1 amide bonds. The molecule has 0 aliphatic rings. The van der Waals surface area contributed by atoms with Crippen molar-refractivity contribution in [3.05, 3.63) is 59.7 Å². The van der Waals surface area contributed by atoms with Crippen LogP contribution >= 0.6 is 0 Å². The van der Waals surface area contributed by atoms with Gasteiger partial charge in [0.2, 0.25) is 0 Å². The molecule has 0 fully saturated rings. The minimum atomic E-state index is -0.135. The zero-order chi connectivity index (χ0) is 20.7. The van der Waals surface area contributed by atoms with Crippen molar-refractivity contribution in [1.82, 2.24) is 0 Å². The van der Waals surface area contributed by atoms with Gasteiger partial charge in [0.1, 0.15) is 0 Å². The van der Waals surface area contributed by atoms with E-state index in [1.807, 2.05) is 18.2 Å². The summed E-state index contributed by atoms with van der Waals surface area (Å²) in [4.78, 5) is 12.4. The predicted octanol–water partition coefficient (Wildman–Crippen LogP) is 6.69. The molecule has 0 heterocycles. The summed E-state index contributed by atoms with van der Waals surface area (Å²) in [6.07, 6.45) is 14.7. The van der Waals surface area contributed by atoms with Crippen molar-refractivity contribution >= 4 is 17.3 Å². The van der Waals surface area contributed by atoms with Crippen LogP contribution in [0.4, 0.5) is 11.4 Å². The molecule has 158 valence electrons. The molecule has 0 radical (unpaired) electrons. The maximum atomic E-state index is 12.4. The fourth-order valence-electron chi connectivity index (χ4n) is 3.52. The van der Waals surface area contributed by atoms with Crippen LogP contribution in [0.3, 0.4) is 0 Å². The van der Waals surface area contributed by atoms with Gasteiger partial charge >= 0.3 is 0 Å². The van der Waals surface area contributed by atoms with Gasteiger partial charge in [-0.05, 0) is 48.7 Å². The molecule has 0 atom stereocenters. The number of hydrogen-bond donors (Lipinski definition) is 3. The number of hydrazine groups is 1. The van der Waals surface area contributed by atoms with Crippen molar-refractivity contribution in [1.29, 1.82) is 0 Å². The second-order valence-corrected chi connectivity index (χ2v) is 7.81. The summed E-state index contributed by atoms with van der Waals surface area (Å²) in [6, 6.07) is 15.3. The standard InChI is InChI=1S/C25H37N3O/c1-2-3-4-5-6-7-8-9-10-11-13-21-16-18-23(19-17-21)27-25(29)22-14-12-15-24(20-22)28-26/h12,14-20,28H,2-11,13,26H2,1H3,(H,27,29). The first-order valence-corrected chi connectivity index (χ1v) is 11.2. The van der Waals surface area contributed by atoms with Crippen LogP contribution < -0.4 is 16.6 Å². The summed E-state index contributed by atoms with van der Waals surface area (Å²) in [6.45, 7) is 2.27. The molecule has 0 unspecified atom stereocenters. The van der Waals surface area contributed by atoms with E-state index in [1.54, 1.807) is 18.2 Å². The van der Waals surface area contributed by atoms with Crippen LogP contribution in [0.15, 0.2) is 48.5 Å². The molecule has 4 N–H and O–H groups in total. The second kappa shape index (κ2) is 13.8. The Bertz CT molecular complexity index is 712. The summed E-state index contributed by atoms with van der Waals surface area (Å²) in [5, 5.41) is 2.94. The molecule has 2 rings (SSSR count). The molecule has 0 aliphatic carbocycles. The van der Waals surface area contributed by atoms with Gasteiger partial charge in [-0.2, -0.15) is 0 Å². The number of amides is 1. The van der Waals surface area contributed by atoms with Crippen LogP contribution in [0.1, 0.15) is 87.1 Å². The SMILES string of the molecule is CCCCCCCCCCCCc1ccc(NC(=O)c2cccc(NN)c2)cc1. The number of hydrogen-bond acceptors (Lipinski definition) is 3. The molecule has 2 aromatic rings. The van der Waals surface area contributed by atoms with Gasteiger partial charge in [0, 0.05) is 16.9 Å². The van der Waals surface area contributed by atoms with E-state index in [0.717, 1.165) is 12.1 Å². The van der Waals surface area contributed by atoms with E-state index in [0.29, 0.717) is 11.3 Å². The van der Waals surface area contributed by atoms with Gasteiger partial charge in [-0.3, -0.25) is 10.6 Å². The lowest BCUT2D eigenvalue weighted by Crippen LogP contribution is -2.13. The van der Waals surface area contributed by atoms with E-state index >= 15 is 0 Å². The normalized spacial score (nSPS) is 10.7.